The lowest BCUT2D eigenvalue weighted by atomic mass is 9.81. The van der Waals surface area contributed by atoms with Crippen LogP contribution < -0.4 is 0 Å². The SMILES string of the molecule is C[C@@H]1CC(O)C[C@H](CO)C1. The normalized spacial score (nSPS) is 41.7. The zero-order valence-corrected chi connectivity index (χ0v) is 6.45. The summed E-state index contributed by atoms with van der Waals surface area (Å²) >= 11 is 0. The Morgan fingerprint density at radius 2 is 2.00 bits per heavy atom. The summed E-state index contributed by atoms with van der Waals surface area (Å²) in [4.78, 5) is 0. The zero-order valence-electron chi connectivity index (χ0n) is 6.45. The molecule has 3 atom stereocenters. The molecular weight excluding hydrogens is 128 g/mol. The quantitative estimate of drug-likeness (QED) is 0.571. The Labute approximate surface area is 61.9 Å². The molecule has 0 amide bonds. The Balaban J connectivity index is 2.35. The van der Waals surface area contributed by atoms with Gasteiger partial charge < -0.3 is 10.2 Å². The fourth-order valence-corrected chi connectivity index (χ4v) is 1.86. The largest absolute Gasteiger partial charge is 0.396 e. The number of rotatable bonds is 1. The van der Waals surface area contributed by atoms with Gasteiger partial charge in [-0.1, -0.05) is 6.92 Å². The van der Waals surface area contributed by atoms with Gasteiger partial charge in [0.2, 0.25) is 0 Å². The van der Waals surface area contributed by atoms with Crippen LogP contribution in [-0.2, 0) is 0 Å². The summed E-state index contributed by atoms with van der Waals surface area (Å²) < 4.78 is 0. The Kier molecular flexibility index (Phi) is 2.69. The van der Waals surface area contributed by atoms with Crippen LogP contribution in [0.25, 0.3) is 0 Å². The van der Waals surface area contributed by atoms with Crippen molar-refractivity contribution in [3.05, 3.63) is 0 Å². The molecule has 0 aromatic rings. The third kappa shape index (κ3) is 1.96. The fraction of sp³-hybridized carbons (Fsp3) is 1.00. The predicted octanol–water partition coefficient (Wildman–Crippen LogP) is 0.776. The van der Waals surface area contributed by atoms with Crippen LogP contribution in [-0.4, -0.2) is 22.9 Å². The molecule has 0 bridgehead atoms. The van der Waals surface area contributed by atoms with Gasteiger partial charge in [-0.3, -0.25) is 0 Å². The fourth-order valence-electron chi connectivity index (χ4n) is 1.86. The number of aliphatic hydroxyl groups is 2. The number of hydrogen-bond donors (Lipinski definition) is 2. The van der Waals surface area contributed by atoms with Gasteiger partial charge in [0.25, 0.3) is 0 Å². The molecule has 1 aliphatic carbocycles. The van der Waals surface area contributed by atoms with E-state index >= 15 is 0 Å². The molecule has 0 aromatic carbocycles. The molecule has 0 aromatic heterocycles. The number of aliphatic hydroxyl groups excluding tert-OH is 2. The van der Waals surface area contributed by atoms with E-state index in [0.29, 0.717) is 11.8 Å². The Morgan fingerprint density at radius 1 is 1.30 bits per heavy atom. The van der Waals surface area contributed by atoms with Crippen LogP contribution in [0.3, 0.4) is 0 Å². The van der Waals surface area contributed by atoms with E-state index in [1.54, 1.807) is 0 Å². The Morgan fingerprint density at radius 3 is 2.50 bits per heavy atom. The van der Waals surface area contributed by atoms with E-state index in [1.807, 2.05) is 0 Å². The summed E-state index contributed by atoms with van der Waals surface area (Å²) in [5.41, 5.74) is 0. The molecule has 0 radical (unpaired) electrons. The van der Waals surface area contributed by atoms with Crippen LogP contribution in [0, 0.1) is 11.8 Å². The highest BCUT2D eigenvalue weighted by atomic mass is 16.3. The minimum atomic E-state index is -0.166. The van der Waals surface area contributed by atoms with Crippen molar-refractivity contribution in [2.75, 3.05) is 6.61 Å². The number of hydrogen-bond acceptors (Lipinski definition) is 2. The van der Waals surface area contributed by atoms with Crippen molar-refractivity contribution in [2.45, 2.75) is 32.3 Å². The van der Waals surface area contributed by atoms with Crippen molar-refractivity contribution in [1.82, 2.24) is 0 Å². The molecular formula is C8H16O2. The van der Waals surface area contributed by atoms with Crippen LogP contribution in [0.1, 0.15) is 26.2 Å². The molecule has 0 aliphatic heterocycles. The Bertz CT molecular complexity index is 93.4. The first kappa shape index (κ1) is 8.02. The molecule has 2 heteroatoms. The second kappa shape index (κ2) is 3.35. The molecule has 0 spiro atoms. The van der Waals surface area contributed by atoms with E-state index in [-0.39, 0.29) is 12.7 Å². The lowest BCUT2D eigenvalue weighted by Crippen LogP contribution is -2.26. The van der Waals surface area contributed by atoms with Gasteiger partial charge in [0.05, 0.1) is 6.10 Å². The molecule has 1 rings (SSSR count). The summed E-state index contributed by atoms with van der Waals surface area (Å²) in [7, 11) is 0. The average molecular weight is 144 g/mol. The van der Waals surface area contributed by atoms with E-state index in [0.717, 1.165) is 19.3 Å². The molecule has 1 unspecified atom stereocenters. The molecule has 60 valence electrons. The summed E-state index contributed by atoms with van der Waals surface area (Å²) in [5, 5.41) is 18.1. The minimum absolute atomic E-state index is 0.166. The monoisotopic (exact) mass is 144 g/mol. The lowest BCUT2D eigenvalue weighted by Gasteiger charge is -2.28. The van der Waals surface area contributed by atoms with Gasteiger partial charge in [-0.05, 0) is 31.1 Å². The second-order valence-corrected chi connectivity index (χ2v) is 3.51. The first-order chi connectivity index (χ1) is 4.72. The third-order valence-electron chi connectivity index (χ3n) is 2.27. The summed E-state index contributed by atoms with van der Waals surface area (Å²) in [6.45, 7) is 2.37. The van der Waals surface area contributed by atoms with E-state index in [2.05, 4.69) is 6.92 Å². The molecule has 2 N–H and O–H groups in total. The molecule has 1 aliphatic rings. The van der Waals surface area contributed by atoms with Gasteiger partial charge in [-0.2, -0.15) is 0 Å². The first-order valence-electron chi connectivity index (χ1n) is 4.01. The van der Waals surface area contributed by atoms with Gasteiger partial charge >= 0.3 is 0 Å². The van der Waals surface area contributed by atoms with E-state index < -0.39 is 0 Å². The van der Waals surface area contributed by atoms with E-state index in [9.17, 15) is 5.11 Å². The third-order valence-corrected chi connectivity index (χ3v) is 2.27. The molecule has 10 heavy (non-hydrogen) atoms. The van der Waals surface area contributed by atoms with Crippen molar-refractivity contribution in [2.24, 2.45) is 11.8 Å². The predicted molar refractivity (Wildman–Crippen MR) is 39.6 cm³/mol. The summed E-state index contributed by atoms with van der Waals surface area (Å²) in [5.74, 6) is 0.930. The standard InChI is InChI=1S/C8H16O2/c1-6-2-7(5-9)4-8(10)3-6/h6-10H,2-5H2,1H3/t6-,7+,8?/m0/s1. The van der Waals surface area contributed by atoms with Crippen molar-refractivity contribution in [3.63, 3.8) is 0 Å². The molecule has 1 fully saturated rings. The van der Waals surface area contributed by atoms with Crippen molar-refractivity contribution >= 4 is 0 Å². The van der Waals surface area contributed by atoms with Gasteiger partial charge in [-0.25, -0.2) is 0 Å². The van der Waals surface area contributed by atoms with E-state index in [1.165, 1.54) is 0 Å². The highest BCUT2D eigenvalue weighted by Crippen LogP contribution is 2.28. The zero-order chi connectivity index (χ0) is 7.56. The van der Waals surface area contributed by atoms with Crippen molar-refractivity contribution in [3.8, 4) is 0 Å². The topological polar surface area (TPSA) is 40.5 Å². The maximum atomic E-state index is 9.27. The van der Waals surface area contributed by atoms with Crippen LogP contribution in [0.4, 0.5) is 0 Å². The second-order valence-electron chi connectivity index (χ2n) is 3.51. The molecule has 0 saturated heterocycles. The van der Waals surface area contributed by atoms with Crippen LogP contribution in [0.15, 0.2) is 0 Å². The minimum Gasteiger partial charge on any atom is -0.396 e. The summed E-state index contributed by atoms with van der Waals surface area (Å²) in [6, 6.07) is 0. The van der Waals surface area contributed by atoms with Crippen LogP contribution >= 0.6 is 0 Å². The molecule has 0 heterocycles. The van der Waals surface area contributed by atoms with Gasteiger partial charge in [-0.15, -0.1) is 0 Å². The van der Waals surface area contributed by atoms with Crippen molar-refractivity contribution < 1.29 is 10.2 Å². The lowest BCUT2D eigenvalue weighted by molar-refractivity contribution is 0.0520. The van der Waals surface area contributed by atoms with E-state index in [4.69, 9.17) is 5.11 Å². The van der Waals surface area contributed by atoms with Crippen molar-refractivity contribution in [1.29, 1.82) is 0 Å². The molecule has 2 nitrogen and oxygen atoms in total. The molecule has 1 saturated carbocycles. The van der Waals surface area contributed by atoms with Crippen LogP contribution in [0.5, 0.6) is 0 Å². The summed E-state index contributed by atoms with van der Waals surface area (Å²) in [6.07, 6.45) is 2.62. The average Bonchev–Trinajstić information content (AvgIpc) is 1.85. The maximum Gasteiger partial charge on any atom is 0.0546 e. The van der Waals surface area contributed by atoms with Crippen LogP contribution in [0.2, 0.25) is 0 Å². The highest BCUT2D eigenvalue weighted by Gasteiger charge is 2.23. The van der Waals surface area contributed by atoms with Gasteiger partial charge in [0.1, 0.15) is 0 Å². The maximum absolute atomic E-state index is 9.27. The van der Waals surface area contributed by atoms with Gasteiger partial charge in [0, 0.05) is 6.61 Å². The Hall–Kier alpha value is -0.0800. The smallest absolute Gasteiger partial charge is 0.0546 e. The van der Waals surface area contributed by atoms with Gasteiger partial charge in [0.15, 0.2) is 0 Å². The first-order valence-corrected chi connectivity index (χ1v) is 4.01. The highest BCUT2D eigenvalue weighted by molar-refractivity contribution is 4.75.